The molecular formula is C14H17NO4. The van der Waals surface area contributed by atoms with Crippen molar-refractivity contribution in [1.82, 2.24) is 5.32 Å². The van der Waals surface area contributed by atoms with E-state index in [0.29, 0.717) is 18.0 Å². The number of carboxylic acid groups (broad SMARTS) is 1. The molecule has 2 rings (SSSR count). The van der Waals surface area contributed by atoms with Crippen molar-refractivity contribution in [3.8, 4) is 0 Å². The van der Waals surface area contributed by atoms with Crippen molar-refractivity contribution in [3.05, 3.63) is 35.4 Å². The van der Waals surface area contributed by atoms with E-state index < -0.39 is 5.97 Å². The van der Waals surface area contributed by atoms with E-state index in [9.17, 15) is 9.59 Å². The number of amides is 1. The smallest absolute Gasteiger partial charge is 0.335 e. The number of rotatable bonds is 5. The van der Waals surface area contributed by atoms with Crippen LogP contribution >= 0.6 is 0 Å². The second-order valence-corrected chi connectivity index (χ2v) is 4.66. The average molecular weight is 263 g/mol. The van der Waals surface area contributed by atoms with Gasteiger partial charge >= 0.3 is 5.97 Å². The van der Waals surface area contributed by atoms with Gasteiger partial charge in [0.25, 0.3) is 5.91 Å². The lowest BCUT2D eigenvalue weighted by molar-refractivity contribution is 0.0696. The number of carbonyl (C=O) groups is 2. The minimum Gasteiger partial charge on any atom is -0.478 e. The molecule has 1 unspecified atom stereocenters. The van der Waals surface area contributed by atoms with E-state index in [0.717, 1.165) is 26.1 Å². The molecule has 102 valence electrons. The number of nitrogens with one attached hydrogen (secondary N) is 1. The lowest BCUT2D eigenvalue weighted by atomic mass is 10.1. The molecule has 5 heteroatoms. The second-order valence-electron chi connectivity index (χ2n) is 4.66. The van der Waals surface area contributed by atoms with Crippen molar-refractivity contribution in [2.75, 3.05) is 19.8 Å². The topological polar surface area (TPSA) is 75.6 Å². The van der Waals surface area contributed by atoms with Crippen molar-refractivity contribution in [1.29, 1.82) is 0 Å². The zero-order valence-electron chi connectivity index (χ0n) is 10.6. The van der Waals surface area contributed by atoms with Gasteiger partial charge in [-0.3, -0.25) is 4.79 Å². The molecule has 1 aromatic rings. The Morgan fingerprint density at radius 2 is 1.95 bits per heavy atom. The summed E-state index contributed by atoms with van der Waals surface area (Å²) in [5, 5.41) is 11.6. The van der Waals surface area contributed by atoms with Gasteiger partial charge in [-0.05, 0) is 43.0 Å². The lowest BCUT2D eigenvalue weighted by Crippen LogP contribution is -2.26. The molecule has 0 bridgehead atoms. The van der Waals surface area contributed by atoms with Crippen molar-refractivity contribution in [3.63, 3.8) is 0 Å². The Morgan fingerprint density at radius 1 is 1.26 bits per heavy atom. The SMILES string of the molecule is O=C(O)c1ccc(C(=O)NCCC2CCOC2)cc1. The van der Waals surface area contributed by atoms with Gasteiger partial charge in [0.05, 0.1) is 5.56 Å². The summed E-state index contributed by atoms with van der Waals surface area (Å²) in [6, 6.07) is 5.92. The van der Waals surface area contributed by atoms with E-state index in [4.69, 9.17) is 9.84 Å². The van der Waals surface area contributed by atoms with Gasteiger partial charge in [-0.25, -0.2) is 4.79 Å². The van der Waals surface area contributed by atoms with E-state index in [1.54, 1.807) is 0 Å². The van der Waals surface area contributed by atoms with E-state index in [1.165, 1.54) is 24.3 Å². The van der Waals surface area contributed by atoms with Gasteiger partial charge in [0.15, 0.2) is 0 Å². The summed E-state index contributed by atoms with van der Waals surface area (Å²) in [6.45, 7) is 2.21. The average Bonchev–Trinajstić information content (AvgIpc) is 2.92. The molecule has 1 amide bonds. The van der Waals surface area contributed by atoms with Gasteiger partial charge in [-0.1, -0.05) is 0 Å². The quantitative estimate of drug-likeness (QED) is 0.845. The summed E-state index contributed by atoms with van der Waals surface area (Å²) in [6.07, 6.45) is 1.97. The molecule has 1 aliphatic rings. The fourth-order valence-electron chi connectivity index (χ4n) is 2.07. The first kappa shape index (κ1) is 13.5. The predicted octanol–water partition coefficient (Wildman–Crippen LogP) is 1.54. The van der Waals surface area contributed by atoms with E-state index >= 15 is 0 Å². The van der Waals surface area contributed by atoms with Crippen LogP contribution in [0, 0.1) is 5.92 Å². The zero-order chi connectivity index (χ0) is 13.7. The minimum absolute atomic E-state index is 0.171. The molecule has 0 aromatic heterocycles. The first-order chi connectivity index (χ1) is 9.16. The molecular weight excluding hydrogens is 246 g/mol. The highest BCUT2D eigenvalue weighted by Gasteiger charge is 2.15. The molecule has 0 aliphatic carbocycles. The van der Waals surface area contributed by atoms with Crippen molar-refractivity contribution in [2.45, 2.75) is 12.8 Å². The van der Waals surface area contributed by atoms with Crippen molar-refractivity contribution >= 4 is 11.9 Å². The third-order valence-corrected chi connectivity index (χ3v) is 3.26. The molecule has 1 saturated heterocycles. The Kier molecular flexibility index (Phi) is 4.52. The molecule has 0 radical (unpaired) electrons. The molecule has 5 nitrogen and oxygen atoms in total. The summed E-state index contributed by atoms with van der Waals surface area (Å²) in [5.74, 6) is -0.626. The molecule has 1 atom stereocenters. The predicted molar refractivity (Wildman–Crippen MR) is 69.3 cm³/mol. The van der Waals surface area contributed by atoms with E-state index in [1.807, 2.05) is 0 Å². The highest BCUT2D eigenvalue weighted by Crippen LogP contribution is 2.15. The third-order valence-electron chi connectivity index (χ3n) is 3.26. The van der Waals surface area contributed by atoms with Crippen LogP contribution in [0.15, 0.2) is 24.3 Å². The Balaban J connectivity index is 1.80. The van der Waals surface area contributed by atoms with Crippen LogP contribution in [-0.4, -0.2) is 36.7 Å². The third kappa shape index (κ3) is 3.79. The van der Waals surface area contributed by atoms with Gasteiger partial charge in [0.2, 0.25) is 0 Å². The molecule has 0 spiro atoms. The van der Waals surface area contributed by atoms with E-state index in [-0.39, 0.29) is 11.5 Å². The largest absolute Gasteiger partial charge is 0.478 e. The molecule has 1 aliphatic heterocycles. The van der Waals surface area contributed by atoms with Crippen molar-refractivity contribution in [2.24, 2.45) is 5.92 Å². The van der Waals surface area contributed by atoms with Gasteiger partial charge in [-0.2, -0.15) is 0 Å². The lowest BCUT2D eigenvalue weighted by Gasteiger charge is -2.09. The number of benzene rings is 1. The molecule has 1 aromatic carbocycles. The standard InChI is InChI=1S/C14H17NO4/c16-13(15-7-5-10-6-8-19-9-10)11-1-3-12(4-2-11)14(17)18/h1-4,10H,5-9H2,(H,15,16)(H,17,18). The first-order valence-corrected chi connectivity index (χ1v) is 6.36. The van der Waals surface area contributed by atoms with Gasteiger partial charge in [0.1, 0.15) is 0 Å². The normalized spacial score (nSPS) is 18.2. The highest BCUT2D eigenvalue weighted by molar-refractivity contribution is 5.95. The second kappa shape index (κ2) is 6.33. The summed E-state index contributed by atoms with van der Waals surface area (Å²) >= 11 is 0. The van der Waals surface area contributed by atoms with Crippen LogP contribution in [-0.2, 0) is 4.74 Å². The maximum atomic E-state index is 11.8. The van der Waals surface area contributed by atoms with Crippen LogP contribution in [0.4, 0.5) is 0 Å². The Bertz CT molecular complexity index is 449. The number of aromatic carboxylic acids is 1. The zero-order valence-corrected chi connectivity index (χ0v) is 10.6. The minimum atomic E-state index is -0.992. The fraction of sp³-hybridized carbons (Fsp3) is 0.429. The highest BCUT2D eigenvalue weighted by atomic mass is 16.5. The molecule has 19 heavy (non-hydrogen) atoms. The molecule has 0 saturated carbocycles. The number of hydrogen-bond acceptors (Lipinski definition) is 3. The maximum absolute atomic E-state index is 11.8. The number of carbonyl (C=O) groups excluding carboxylic acids is 1. The number of ether oxygens (including phenoxy) is 1. The van der Waals surface area contributed by atoms with Crippen LogP contribution in [0.3, 0.4) is 0 Å². The van der Waals surface area contributed by atoms with E-state index in [2.05, 4.69) is 5.32 Å². The maximum Gasteiger partial charge on any atom is 0.335 e. The monoisotopic (exact) mass is 263 g/mol. The van der Waals surface area contributed by atoms with Crippen LogP contribution < -0.4 is 5.32 Å². The van der Waals surface area contributed by atoms with Crippen LogP contribution in [0.1, 0.15) is 33.6 Å². The summed E-state index contributed by atoms with van der Waals surface area (Å²) in [7, 11) is 0. The first-order valence-electron chi connectivity index (χ1n) is 6.36. The Hall–Kier alpha value is -1.88. The van der Waals surface area contributed by atoms with Crippen LogP contribution in [0.5, 0.6) is 0 Å². The van der Waals surface area contributed by atoms with Crippen LogP contribution in [0.25, 0.3) is 0 Å². The number of carboxylic acids is 1. The Labute approximate surface area is 111 Å². The van der Waals surface area contributed by atoms with Crippen molar-refractivity contribution < 1.29 is 19.4 Å². The summed E-state index contributed by atoms with van der Waals surface area (Å²) < 4.78 is 5.27. The molecule has 2 N–H and O–H groups in total. The number of hydrogen-bond donors (Lipinski definition) is 2. The van der Waals surface area contributed by atoms with Gasteiger partial charge in [0, 0.05) is 25.3 Å². The molecule has 1 fully saturated rings. The van der Waals surface area contributed by atoms with Gasteiger partial charge in [-0.15, -0.1) is 0 Å². The molecule has 1 heterocycles. The van der Waals surface area contributed by atoms with Crippen LogP contribution in [0.2, 0.25) is 0 Å². The fourth-order valence-corrected chi connectivity index (χ4v) is 2.07. The summed E-state index contributed by atoms with van der Waals surface area (Å²) in [4.78, 5) is 22.5. The van der Waals surface area contributed by atoms with Gasteiger partial charge < -0.3 is 15.2 Å². The summed E-state index contributed by atoms with van der Waals surface area (Å²) in [5.41, 5.74) is 0.660. The Morgan fingerprint density at radius 3 is 2.53 bits per heavy atom.